The summed E-state index contributed by atoms with van der Waals surface area (Å²) in [6.07, 6.45) is 2.04. The third-order valence-corrected chi connectivity index (χ3v) is 3.14. The lowest BCUT2D eigenvalue weighted by Crippen LogP contribution is -2.40. The number of benzene rings is 1. The molecule has 18 heavy (non-hydrogen) atoms. The molecule has 0 spiro atoms. The molecule has 1 aliphatic rings. The maximum atomic E-state index is 13.0. The number of nitrogens with one attached hydrogen (secondary N) is 1. The van der Waals surface area contributed by atoms with E-state index in [-0.39, 0.29) is 23.7 Å². The Morgan fingerprint density at radius 1 is 1.61 bits per heavy atom. The van der Waals surface area contributed by atoms with Crippen LogP contribution in [0.15, 0.2) is 18.2 Å². The molecule has 1 fully saturated rings. The van der Waals surface area contributed by atoms with Crippen molar-refractivity contribution >= 4 is 11.6 Å². The van der Waals surface area contributed by atoms with E-state index in [0.717, 1.165) is 19.4 Å². The first kappa shape index (κ1) is 12.8. The lowest BCUT2D eigenvalue weighted by molar-refractivity contribution is 0.0712. The van der Waals surface area contributed by atoms with Gasteiger partial charge in [0, 0.05) is 12.2 Å². The smallest absolute Gasteiger partial charge is 0.251 e. The topological polar surface area (TPSA) is 64.4 Å². The molecule has 3 N–H and O–H groups in total. The third-order valence-electron chi connectivity index (χ3n) is 3.14. The number of anilines is 1. The van der Waals surface area contributed by atoms with Crippen LogP contribution in [0.25, 0.3) is 0 Å². The van der Waals surface area contributed by atoms with Crippen LogP contribution in [0.1, 0.15) is 30.1 Å². The Kier molecular flexibility index (Phi) is 3.81. The van der Waals surface area contributed by atoms with Crippen LogP contribution in [0.4, 0.5) is 10.1 Å². The summed E-state index contributed by atoms with van der Waals surface area (Å²) in [5.74, 6) is -0.775. The SMILES string of the molecule is CC(NC(=O)c1ccc(F)c(N)c1)C1CCCO1. The van der Waals surface area contributed by atoms with Gasteiger partial charge in [-0.3, -0.25) is 4.79 Å². The van der Waals surface area contributed by atoms with E-state index in [0.29, 0.717) is 5.56 Å². The molecule has 1 heterocycles. The average molecular weight is 252 g/mol. The van der Waals surface area contributed by atoms with Crippen molar-refractivity contribution in [3.63, 3.8) is 0 Å². The van der Waals surface area contributed by atoms with Gasteiger partial charge >= 0.3 is 0 Å². The van der Waals surface area contributed by atoms with Gasteiger partial charge in [-0.25, -0.2) is 4.39 Å². The maximum absolute atomic E-state index is 13.0. The third kappa shape index (κ3) is 2.79. The molecule has 1 aromatic carbocycles. The lowest BCUT2D eigenvalue weighted by atomic mass is 10.1. The van der Waals surface area contributed by atoms with E-state index in [2.05, 4.69) is 5.32 Å². The predicted molar refractivity (Wildman–Crippen MR) is 66.7 cm³/mol. The number of nitrogens with two attached hydrogens (primary N) is 1. The molecule has 98 valence electrons. The van der Waals surface area contributed by atoms with Gasteiger partial charge in [-0.05, 0) is 38.0 Å². The number of halogens is 1. The van der Waals surface area contributed by atoms with Crippen LogP contribution in [0.5, 0.6) is 0 Å². The van der Waals surface area contributed by atoms with E-state index in [1.54, 1.807) is 0 Å². The van der Waals surface area contributed by atoms with Gasteiger partial charge in [0.15, 0.2) is 0 Å². The molecule has 1 amide bonds. The van der Waals surface area contributed by atoms with E-state index < -0.39 is 5.82 Å². The number of amides is 1. The second kappa shape index (κ2) is 5.35. The second-order valence-electron chi connectivity index (χ2n) is 4.55. The monoisotopic (exact) mass is 252 g/mol. The van der Waals surface area contributed by atoms with Crippen LogP contribution >= 0.6 is 0 Å². The Bertz CT molecular complexity index is 445. The number of hydrogen-bond acceptors (Lipinski definition) is 3. The Morgan fingerprint density at radius 3 is 3.00 bits per heavy atom. The minimum absolute atomic E-state index is 0.0209. The molecule has 0 bridgehead atoms. The summed E-state index contributed by atoms with van der Waals surface area (Å²) in [5, 5.41) is 2.84. The molecule has 5 heteroatoms. The highest BCUT2D eigenvalue weighted by atomic mass is 19.1. The highest BCUT2D eigenvalue weighted by Crippen LogP contribution is 2.16. The summed E-state index contributed by atoms with van der Waals surface area (Å²) in [6, 6.07) is 3.89. The summed E-state index contributed by atoms with van der Waals surface area (Å²) in [7, 11) is 0. The maximum Gasteiger partial charge on any atom is 0.251 e. The molecule has 2 rings (SSSR count). The van der Waals surface area contributed by atoms with Gasteiger partial charge < -0.3 is 15.8 Å². The van der Waals surface area contributed by atoms with Crippen LogP contribution in [-0.4, -0.2) is 24.7 Å². The number of carbonyl (C=O) groups excluding carboxylic acids is 1. The molecule has 2 atom stereocenters. The molecule has 0 aromatic heterocycles. The standard InChI is InChI=1S/C13H17FN2O2/c1-8(12-3-2-6-18-12)16-13(17)9-4-5-10(14)11(15)7-9/h4-5,7-8,12H,2-3,6,15H2,1H3,(H,16,17). The number of nitrogen functional groups attached to an aromatic ring is 1. The number of hydrogen-bond donors (Lipinski definition) is 2. The van der Waals surface area contributed by atoms with Crippen molar-refractivity contribution in [2.24, 2.45) is 0 Å². The second-order valence-corrected chi connectivity index (χ2v) is 4.55. The Balaban J connectivity index is 2.00. The molecule has 0 aliphatic carbocycles. The molecule has 1 aromatic rings. The summed E-state index contributed by atoms with van der Waals surface area (Å²) in [6.45, 7) is 2.65. The van der Waals surface area contributed by atoms with Crippen molar-refractivity contribution in [3.8, 4) is 0 Å². The zero-order chi connectivity index (χ0) is 13.1. The molecular formula is C13H17FN2O2. The van der Waals surface area contributed by atoms with Crippen molar-refractivity contribution < 1.29 is 13.9 Å². The van der Waals surface area contributed by atoms with Crippen LogP contribution in [0.2, 0.25) is 0 Å². The van der Waals surface area contributed by atoms with Crippen molar-refractivity contribution in [3.05, 3.63) is 29.6 Å². The van der Waals surface area contributed by atoms with Crippen LogP contribution < -0.4 is 11.1 Å². The number of carbonyl (C=O) groups is 1. The first-order valence-corrected chi connectivity index (χ1v) is 6.05. The first-order chi connectivity index (χ1) is 8.58. The van der Waals surface area contributed by atoms with E-state index in [4.69, 9.17) is 10.5 Å². The van der Waals surface area contributed by atoms with Crippen LogP contribution in [-0.2, 0) is 4.74 Å². The molecule has 0 radical (unpaired) electrons. The van der Waals surface area contributed by atoms with Crippen molar-refractivity contribution in [1.29, 1.82) is 0 Å². The Labute approximate surface area is 105 Å². The molecule has 4 nitrogen and oxygen atoms in total. The quantitative estimate of drug-likeness (QED) is 0.805. The zero-order valence-corrected chi connectivity index (χ0v) is 10.3. The van der Waals surface area contributed by atoms with Gasteiger partial charge in [0.25, 0.3) is 5.91 Å². The molecule has 0 saturated carbocycles. The van der Waals surface area contributed by atoms with Gasteiger partial charge in [0.1, 0.15) is 5.82 Å². The van der Waals surface area contributed by atoms with E-state index in [9.17, 15) is 9.18 Å². The Morgan fingerprint density at radius 2 is 2.39 bits per heavy atom. The van der Waals surface area contributed by atoms with E-state index in [1.165, 1.54) is 18.2 Å². The zero-order valence-electron chi connectivity index (χ0n) is 10.3. The summed E-state index contributed by atoms with van der Waals surface area (Å²) in [4.78, 5) is 11.9. The molecule has 1 aliphatic heterocycles. The normalized spacial score (nSPS) is 20.7. The Hall–Kier alpha value is -1.62. The number of rotatable bonds is 3. The number of ether oxygens (including phenoxy) is 1. The molecular weight excluding hydrogens is 235 g/mol. The minimum atomic E-state index is -0.515. The molecule has 1 saturated heterocycles. The highest BCUT2D eigenvalue weighted by Gasteiger charge is 2.24. The fourth-order valence-electron chi connectivity index (χ4n) is 2.06. The summed E-state index contributed by atoms with van der Waals surface area (Å²) < 4.78 is 18.5. The van der Waals surface area contributed by atoms with Gasteiger partial charge in [-0.1, -0.05) is 0 Å². The fourth-order valence-corrected chi connectivity index (χ4v) is 2.06. The van der Waals surface area contributed by atoms with Gasteiger partial charge in [0.2, 0.25) is 0 Å². The van der Waals surface area contributed by atoms with Gasteiger partial charge in [-0.15, -0.1) is 0 Å². The van der Waals surface area contributed by atoms with Gasteiger partial charge in [0.05, 0.1) is 17.8 Å². The molecule has 2 unspecified atom stereocenters. The minimum Gasteiger partial charge on any atom is -0.396 e. The fraction of sp³-hybridized carbons (Fsp3) is 0.462. The largest absolute Gasteiger partial charge is 0.396 e. The average Bonchev–Trinajstić information content (AvgIpc) is 2.86. The van der Waals surface area contributed by atoms with E-state index >= 15 is 0 Å². The summed E-state index contributed by atoms with van der Waals surface area (Å²) in [5.41, 5.74) is 5.77. The summed E-state index contributed by atoms with van der Waals surface area (Å²) >= 11 is 0. The van der Waals surface area contributed by atoms with Crippen molar-refractivity contribution in [2.45, 2.75) is 31.9 Å². The first-order valence-electron chi connectivity index (χ1n) is 6.05. The lowest BCUT2D eigenvalue weighted by Gasteiger charge is -2.20. The highest BCUT2D eigenvalue weighted by molar-refractivity contribution is 5.95. The van der Waals surface area contributed by atoms with Gasteiger partial charge in [-0.2, -0.15) is 0 Å². The van der Waals surface area contributed by atoms with Crippen LogP contribution in [0.3, 0.4) is 0 Å². The predicted octanol–water partition coefficient (Wildman–Crippen LogP) is 1.71. The van der Waals surface area contributed by atoms with Crippen molar-refractivity contribution in [1.82, 2.24) is 5.32 Å². The van der Waals surface area contributed by atoms with Crippen LogP contribution in [0, 0.1) is 5.82 Å². The van der Waals surface area contributed by atoms with Crippen molar-refractivity contribution in [2.75, 3.05) is 12.3 Å². The van der Waals surface area contributed by atoms with E-state index in [1.807, 2.05) is 6.92 Å².